The molecule has 0 aromatic heterocycles. The first kappa shape index (κ1) is 14.4. The Bertz CT molecular complexity index is 696. The predicted octanol–water partition coefficient (Wildman–Crippen LogP) is 2.97. The van der Waals surface area contributed by atoms with Gasteiger partial charge in [0.1, 0.15) is 0 Å². The van der Waals surface area contributed by atoms with Gasteiger partial charge in [0.05, 0.1) is 6.54 Å². The first-order valence-corrected chi connectivity index (χ1v) is 7.62. The monoisotopic (exact) mass is 295 g/mol. The third kappa shape index (κ3) is 3.06. The smallest absolute Gasteiger partial charge is 0.243 e. The predicted molar refractivity (Wildman–Crippen MR) is 91.2 cm³/mol. The van der Waals surface area contributed by atoms with Gasteiger partial charge in [-0.25, -0.2) is 0 Å². The Balaban J connectivity index is 1.72. The van der Waals surface area contributed by atoms with Crippen LogP contribution in [0.2, 0.25) is 0 Å². The van der Waals surface area contributed by atoms with Crippen molar-refractivity contribution < 1.29 is 4.79 Å². The van der Waals surface area contributed by atoms with Crippen LogP contribution >= 0.6 is 0 Å². The molecule has 0 unspecified atom stereocenters. The topological polar surface area (TPSA) is 58.4 Å². The van der Waals surface area contributed by atoms with Crippen molar-refractivity contribution >= 4 is 23.0 Å². The zero-order chi connectivity index (χ0) is 15.5. The summed E-state index contributed by atoms with van der Waals surface area (Å²) in [6.45, 7) is 3.25. The maximum absolute atomic E-state index is 12.3. The molecule has 114 valence electrons. The molecule has 0 bridgehead atoms. The van der Waals surface area contributed by atoms with Crippen molar-refractivity contribution in [1.29, 1.82) is 0 Å². The minimum absolute atomic E-state index is 0.000810. The summed E-state index contributed by atoms with van der Waals surface area (Å²) in [4.78, 5) is 14.4. The minimum atomic E-state index is 0.000810. The van der Waals surface area contributed by atoms with Gasteiger partial charge in [0.25, 0.3) is 0 Å². The van der Waals surface area contributed by atoms with E-state index in [0.717, 1.165) is 47.6 Å². The molecule has 1 heterocycles. The average molecular weight is 295 g/mol. The molecule has 22 heavy (non-hydrogen) atoms. The highest BCUT2D eigenvalue weighted by Gasteiger charge is 2.20. The van der Waals surface area contributed by atoms with Crippen LogP contribution in [0, 0.1) is 6.92 Å². The van der Waals surface area contributed by atoms with Gasteiger partial charge in [-0.1, -0.05) is 18.2 Å². The number of carbonyl (C=O) groups is 1. The number of aryl methyl sites for hydroxylation is 1. The van der Waals surface area contributed by atoms with Crippen LogP contribution < -0.4 is 16.0 Å². The Hall–Kier alpha value is -2.49. The molecular weight excluding hydrogens is 274 g/mol. The lowest BCUT2D eigenvalue weighted by Crippen LogP contribution is -2.37. The Morgan fingerprint density at radius 1 is 1.27 bits per heavy atom. The summed E-state index contributed by atoms with van der Waals surface area (Å²) in [7, 11) is 0. The van der Waals surface area contributed by atoms with E-state index < -0.39 is 0 Å². The van der Waals surface area contributed by atoms with E-state index in [1.54, 1.807) is 0 Å². The molecular formula is C18H21N3O. The van der Waals surface area contributed by atoms with Crippen LogP contribution in [0.5, 0.6) is 0 Å². The first-order chi connectivity index (χ1) is 10.6. The molecule has 0 saturated carbocycles. The number of hydrogen-bond acceptors (Lipinski definition) is 3. The normalized spacial score (nSPS) is 13.6. The minimum Gasteiger partial charge on any atom is -0.398 e. The summed E-state index contributed by atoms with van der Waals surface area (Å²) in [6, 6.07) is 13.8. The van der Waals surface area contributed by atoms with Crippen molar-refractivity contribution in [2.45, 2.75) is 19.8 Å². The molecule has 0 aliphatic carbocycles. The number of nitrogens with one attached hydrogen (secondary N) is 1. The highest BCUT2D eigenvalue weighted by atomic mass is 16.2. The lowest BCUT2D eigenvalue weighted by molar-refractivity contribution is -0.115. The van der Waals surface area contributed by atoms with Crippen LogP contribution in [-0.2, 0) is 11.2 Å². The number of rotatable bonds is 3. The van der Waals surface area contributed by atoms with Crippen LogP contribution in [0.4, 0.5) is 17.1 Å². The zero-order valence-corrected chi connectivity index (χ0v) is 12.8. The van der Waals surface area contributed by atoms with E-state index in [2.05, 4.69) is 10.2 Å². The van der Waals surface area contributed by atoms with E-state index in [-0.39, 0.29) is 5.91 Å². The summed E-state index contributed by atoms with van der Waals surface area (Å²) in [5.41, 5.74) is 11.1. The van der Waals surface area contributed by atoms with Crippen molar-refractivity contribution in [2.24, 2.45) is 0 Å². The fraction of sp³-hybridized carbons (Fsp3) is 0.278. The fourth-order valence-corrected chi connectivity index (χ4v) is 2.99. The summed E-state index contributed by atoms with van der Waals surface area (Å²) < 4.78 is 0. The lowest BCUT2D eigenvalue weighted by atomic mass is 10.00. The number of hydrogen-bond donors (Lipinski definition) is 2. The molecule has 1 amide bonds. The number of nitrogen functional groups attached to an aromatic ring is 1. The Morgan fingerprint density at radius 3 is 2.91 bits per heavy atom. The average Bonchev–Trinajstić information content (AvgIpc) is 2.48. The maximum Gasteiger partial charge on any atom is 0.243 e. The van der Waals surface area contributed by atoms with Crippen molar-refractivity contribution in [2.75, 3.05) is 29.0 Å². The molecule has 0 spiro atoms. The molecule has 1 aliphatic rings. The Morgan fingerprint density at radius 2 is 2.09 bits per heavy atom. The van der Waals surface area contributed by atoms with Crippen LogP contribution in [0.1, 0.15) is 17.5 Å². The van der Waals surface area contributed by atoms with Crippen LogP contribution in [-0.4, -0.2) is 19.0 Å². The van der Waals surface area contributed by atoms with Crippen LogP contribution in [0.25, 0.3) is 0 Å². The molecule has 4 heteroatoms. The molecule has 0 radical (unpaired) electrons. The van der Waals surface area contributed by atoms with Crippen molar-refractivity contribution in [3.05, 3.63) is 53.6 Å². The van der Waals surface area contributed by atoms with Gasteiger partial charge in [-0.15, -0.1) is 0 Å². The first-order valence-electron chi connectivity index (χ1n) is 7.62. The largest absolute Gasteiger partial charge is 0.398 e. The number of nitrogens with two attached hydrogens (primary N) is 1. The van der Waals surface area contributed by atoms with Gasteiger partial charge in [0.15, 0.2) is 0 Å². The second-order valence-electron chi connectivity index (χ2n) is 5.79. The summed E-state index contributed by atoms with van der Waals surface area (Å²) in [5, 5.41) is 2.96. The highest BCUT2D eigenvalue weighted by Crippen LogP contribution is 2.31. The number of carbonyl (C=O) groups excluding carboxylic acids is 1. The maximum atomic E-state index is 12.3. The van der Waals surface area contributed by atoms with Crippen LogP contribution in [0.15, 0.2) is 42.5 Å². The second-order valence-corrected chi connectivity index (χ2v) is 5.79. The van der Waals surface area contributed by atoms with Gasteiger partial charge in [-0.2, -0.15) is 0 Å². The van der Waals surface area contributed by atoms with E-state index in [1.165, 1.54) is 0 Å². The Kier molecular flexibility index (Phi) is 4.00. The number of anilines is 3. The summed E-state index contributed by atoms with van der Waals surface area (Å²) in [5.74, 6) is 0.000810. The van der Waals surface area contributed by atoms with Crippen molar-refractivity contribution in [3.63, 3.8) is 0 Å². The number of benzene rings is 2. The standard InChI is InChI=1S/C18H21N3O/c1-13-5-2-6-14(11-13)20-18(22)12-21-10-4-7-15-16(19)8-3-9-17(15)21/h2-3,5-6,8-9,11H,4,7,10,12,19H2,1H3,(H,20,22). The van der Waals surface area contributed by atoms with E-state index in [4.69, 9.17) is 5.73 Å². The third-order valence-electron chi connectivity index (χ3n) is 4.02. The van der Waals surface area contributed by atoms with Gasteiger partial charge in [0.2, 0.25) is 5.91 Å². The molecule has 2 aromatic carbocycles. The molecule has 0 fully saturated rings. The van der Waals surface area contributed by atoms with E-state index in [1.807, 2.05) is 49.4 Å². The summed E-state index contributed by atoms with van der Waals surface area (Å²) >= 11 is 0. The van der Waals surface area contributed by atoms with E-state index in [9.17, 15) is 4.79 Å². The van der Waals surface area contributed by atoms with Gasteiger partial charge in [-0.05, 0) is 55.2 Å². The number of nitrogens with zero attached hydrogens (tertiary/aromatic N) is 1. The number of fused-ring (bicyclic) bond motifs is 1. The van der Waals surface area contributed by atoms with Gasteiger partial charge in [-0.3, -0.25) is 4.79 Å². The van der Waals surface area contributed by atoms with Gasteiger partial charge >= 0.3 is 0 Å². The van der Waals surface area contributed by atoms with Crippen LogP contribution in [0.3, 0.4) is 0 Å². The van der Waals surface area contributed by atoms with Crippen molar-refractivity contribution in [3.8, 4) is 0 Å². The number of amides is 1. The molecule has 0 saturated heterocycles. The fourth-order valence-electron chi connectivity index (χ4n) is 2.99. The van der Waals surface area contributed by atoms with E-state index >= 15 is 0 Å². The Labute approximate surface area is 130 Å². The molecule has 0 atom stereocenters. The lowest BCUT2D eigenvalue weighted by Gasteiger charge is -2.31. The van der Waals surface area contributed by atoms with Gasteiger partial charge < -0.3 is 16.0 Å². The van der Waals surface area contributed by atoms with E-state index in [0.29, 0.717) is 6.54 Å². The molecule has 3 rings (SSSR count). The second kappa shape index (κ2) is 6.10. The summed E-state index contributed by atoms with van der Waals surface area (Å²) in [6.07, 6.45) is 2.01. The zero-order valence-electron chi connectivity index (χ0n) is 12.8. The molecule has 2 aromatic rings. The van der Waals surface area contributed by atoms with Gasteiger partial charge in [0, 0.05) is 23.6 Å². The molecule has 1 aliphatic heterocycles. The third-order valence-corrected chi connectivity index (χ3v) is 4.02. The molecule has 3 N–H and O–H groups in total. The SMILES string of the molecule is Cc1cccc(NC(=O)CN2CCCc3c(N)cccc32)c1. The quantitative estimate of drug-likeness (QED) is 0.856. The van der Waals surface area contributed by atoms with Crippen molar-refractivity contribution in [1.82, 2.24) is 0 Å². The molecule has 4 nitrogen and oxygen atoms in total. The highest BCUT2D eigenvalue weighted by molar-refractivity contribution is 5.94.